The van der Waals surface area contributed by atoms with E-state index in [0.717, 1.165) is 15.8 Å². The first kappa shape index (κ1) is 18.6. The van der Waals surface area contributed by atoms with E-state index in [2.05, 4.69) is 15.3 Å². The quantitative estimate of drug-likeness (QED) is 0.513. The number of aromatic nitrogens is 2. The van der Waals surface area contributed by atoms with Gasteiger partial charge in [-0.1, -0.05) is 41.7 Å². The molecule has 1 amide bonds. The molecule has 8 heteroatoms. The second-order valence-corrected chi connectivity index (χ2v) is 7.08. The number of carbonyl (C=O) groups excluding carboxylic acids is 1. The zero-order chi connectivity index (χ0) is 20.4. The number of methoxy groups -OCH3 is 1. The number of hydrogen-bond acceptors (Lipinski definition) is 6. The van der Waals surface area contributed by atoms with Gasteiger partial charge in [-0.3, -0.25) is 10.1 Å². The molecule has 0 radical (unpaired) electrons. The Bertz CT molecular complexity index is 1200. The van der Waals surface area contributed by atoms with Gasteiger partial charge >= 0.3 is 5.97 Å². The highest BCUT2D eigenvalue weighted by atomic mass is 32.1. The molecule has 7 nitrogen and oxygen atoms in total. The van der Waals surface area contributed by atoms with E-state index in [1.807, 2.05) is 30.3 Å². The molecular formula is C21H15N3O4S. The number of carboxylic acid groups (broad SMARTS) is 1. The third kappa shape index (κ3) is 3.65. The summed E-state index contributed by atoms with van der Waals surface area (Å²) < 4.78 is 6.17. The zero-order valence-corrected chi connectivity index (χ0v) is 16.1. The maximum absolute atomic E-state index is 12.5. The Morgan fingerprint density at radius 2 is 1.72 bits per heavy atom. The molecule has 29 heavy (non-hydrogen) atoms. The van der Waals surface area contributed by atoms with Crippen LogP contribution in [0.3, 0.4) is 0 Å². The second kappa shape index (κ2) is 7.69. The molecular weight excluding hydrogens is 390 g/mol. The Labute approximate surface area is 169 Å². The van der Waals surface area contributed by atoms with E-state index in [9.17, 15) is 9.59 Å². The van der Waals surface area contributed by atoms with E-state index in [4.69, 9.17) is 9.84 Å². The summed E-state index contributed by atoms with van der Waals surface area (Å²) in [5.74, 6) is -1.05. The summed E-state index contributed by atoms with van der Waals surface area (Å²) >= 11 is 1.32. The largest absolute Gasteiger partial charge is 0.479 e. The first-order valence-electron chi connectivity index (χ1n) is 8.60. The molecule has 0 bridgehead atoms. The lowest BCUT2D eigenvalue weighted by atomic mass is 10.1. The molecule has 2 heterocycles. The van der Waals surface area contributed by atoms with Crippen molar-refractivity contribution in [2.75, 3.05) is 12.4 Å². The van der Waals surface area contributed by atoms with Crippen molar-refractivity contribution < 1.29 is 19.4 Å². The second-order valence-electron chi connectivity index (χ2n) is 6.08. The summed E-state index contributed by atoms with van der Waals surface area (Å²) in [6.45, 7) is 0. The summed E-state index contributed by atoms with van der Waals surface area (Å²) in [4.78, 5) is 32.3. The number of thiazole rings is 1. The van der Waals surface area contributed by atoms with Gasteiger partial charge in [-0.25, -0.2) is 14.8 Å². The summed E-state index contributed by atoms with van der Waals surface area (Å²) in [6.07, 6.45) is 1.73. The maximum atomic E-state index is 12.5. The van der Waals surface area contributed by atoms with Gasteiger partial charge in [-0.15, -0.1) is 0 Å². The van der Waals surface area contributed by atoms with Crippen molar-refractivity contribution in [1.82, 2.24) is 9.97 Å². The number of benzene rings is 2. The van der Waals surface area contributed by atoms with Crippen LogP contribution in [0.4, 0.5) is 5.13 Å². The van der Waals surface area contributed by atoms with Crippen molar-refractivity contribution in [1.29, 1.82) is 0 Å². The number of ether oxygens (including phenoxy) is 1. The Morgan fingerprint density at radius 3 is 2.38 bits per heavy atom. The number of aromatic carboxylic acids is 1. The van der Waals surface area contributed by atoms with Gasteiger partial charge in [-0.05, 0) is 29.8 Å². The lowest BCUT2D eigenvalue weighted by molar-refractivity contribution is 0.0696. The molecule has 0 unspecified atom stereocenters. The summed E-state index contributed by atoms with van der Waals surface area (Å²) in [6, 6.07) is 15.5. The predicted octanol–water partition coefficient (Wildman–Crippen LogP) is 4.32. The van der Waals surface area contributed by atoms with E-state index in [0.29, 0.717) is 22.1 Å². The Balaban J connectivity index is 1.69. The molecule has 0 saturated heterocycles. The minimum atomic E-state index is -1.05. The fourth-order valence-electron chi connectivity index (χ4n) is 2.85. The molecule has 0 atom stereocenters. The van der Waals surface area contributed by atoms with Crippen LogP contribution in [-0.4, -0.2) is 34.1 Å². The van der Waals surface area contributed by atoms with Gasteiger partial charge in [0, 0.05) is 17.3 Å². The highest BCUT2D eigenvalue weighted by Crippen LogP contribution is 2.38. The van der Waals surface area contributed by atoms with Crippen LogP contribution in [0, 0.1) is 0 Å². The Morgan fingerprint density at radius 1 is 1.03 bits per heavy atom. The van der Waals surface area contributed by atoms with E-state index < -0.39 is 5.97 Å². The van der Waals surface area contributed by atoms with Gasteiger partial charge in [-0.2, -0.15) is 0 Å². The molecule has 0 fully saturated rings. The number of nitrogens with zero attached hydrogens (tertiary/aromatic N) is 2. The van der Waals surface area contributed by atoms with E-state index >= 15 is 0 Å². The monoisotopic (exact) mass is 405 g/mol. The third-order valence-corrected chi connectivity index (χ3v) is 5.28. The number of fused-ring (bicyclic) bond motifs is 1. The molecule has 2 aromatic carbocycles. The third-order valence-electron chi connectivity index (χ3n) is 4.28. The van der Waals surface area contributed by atoms with E-state index in [1.54, 1.807) is 6.20 Å². The molecule has 4 aromatic rings. The van der Waals surface area contributed by atoms with Crippen LogP contribution < -0.4 is 10.1 Å². The number of amides is 1. The highest BCUT2D eigenvalue weighted by Gasteiger charge is 2.17. The van der Waals surface area contributed by atoms with Gasteiger partial charge in [0.15, 0.2) is 5.13 Å². The van der Waals surface area contributed by atoms with Gasteiger partial charge in [0.2, 0.25) is 5.88 Å². The number of nitrogens with one attached hydrogen (secondary N) is 1. The van der Waals surface area contributed by atoms with Crippen molar-refractivity contribution in [3.05, 3.63) is 71.9 Å². The van der Waals surface area contributed by atoms with Gasteiger partial charge in [0.05, 0.1) is 17.4 Å². The topological polar surface area (TPSA) is 101 Å². The molecule has 144 valence electrons. The van der Waals surface area contributed by atoms with Gasteiger partial charge in [0.1, 0.15) is 5.52 Å². The lowest BCUT2D eigenvalue weighted by Gasteiger charge is -2.04. The summed E-state index contributed by atoms with van der Waals surface area (Å²) in [5, 5.41) is 12.1. The highest BCUT2D eigenvalue weighted by molar-refractivity contribution is 7.23. The molecule has 2 aromatic heterocycles. The zero-order valence-electron chi connectivity index (χ0n) is 15.2. The fourth-order valence-corrected chi connectivity index (χ4v) is 3.83. The van der Waals surface area contributed by atoms with Crippen LogP contribution in [0.25, 0.3) is 21.3 Å². The van der Waals surface area contributed by atoms with Crippen molar-refractivity contribution in [2.45, 2.75) is 0 Å². The van der Waals surface area contributed by atoms with Gasteiger partial charge in [0.25, 0.3) is 5.91 Å². The molecule has 0 aliphatic rings. The van der Waals surface area contributed by atoms with Gasteiger partial charge < -0.3 is 9.84 Å². The van der Waals surface area contributed by atoms with Crippen molar-refractivity contribution in [3.8, 4) is 17.0 Å². The smallest absolute Gasteiger partial charge is 0.335 e. The number of rotatable bonds is 5. The van der Waals surface area contributed by atoms with Crippen LogP contribution in [-0.2, 0) is 0 Å². The predicted molar refractivity (Wildman–Crippen MR) is 111 cm³/mol. The maximum Gasteiger partial charge on any atom is 0.335 e. The van der Waals surface area contributed by atoms with Crippen molar-refractivity contribution >= 4 is 38.6 Å². The van der Waals surface area contributed by atoms with E-state index in [-0.39, 0.29) is 11.5 Å². The average molecular weight is 405 g/mol. The minimum Gasteiger partial charge on any atom is -0.479 e. The van der Waals surface area contributed by atoms with Crippen LogP contribution in [0.5, 0.6) is 5.88 Å². The normalized spacial score (nSPS) is 10.7. The molecule has 0 saturated carbocycles. The van der Waals surface area contributed by atoms with Crippen molar-refractivity contribution in [3.63, 3.8) is 0 Å². The van der Waals surface area contributed by atoms with Crippen LogP contribution >= 0.6 is 11.3 Å². The molecule has 0 spiro atoms. The van der Waals surface area contributed by atoms with Crippen LogP contribution in [0.15, 0.2) is 60.8 Å². The minimum absolute atomic E-state index is 0.116. The van der Waals surface area contributed by atoms with E-state index in [1.165, 1.54) is 42.7 Å². The first-order valence-corrected chi connectivity index (χ1v) is 9.42. The number of anilines is 1. The molecule has 4 rings (SSSR count). The van der Waals surface area contributed by atoms with Crippen molar-refractivity contribution in [2.24, 2.45) is 0 Å². The molecule has 0 aliphatic carbocycles. The number of pyridine rings is 1. The van der Waals surface area contributed by atoms with Crippen LogP contribution in [0.1, 0.15) is 20.7 Å². The lowest BCUT2D eigenvalue weighted by Crippen LogP contribution is -2.11. The standard InChI is InChI=1S/C21H15N3O4S/c1-28-19-16-17(15(11-22-19)12-5-3-2-4-6-12)29-21(23-16)24-18(25)13-7-9-14(10-8-13)20(26)27/h2-11H,1H3,(H,26,27)(H,23,24,25). The SMILES string of the molecule is COc1ncc(-c2ccccc2)c2sc(NC(=O)c3ccc(C(=O)O)cc3)nc12. The Kier molecular flexibility index (Phi) is 4.92. The number of hydrogen-bond donors (Lipinski definition) is 2. The molecule has 2 N–H and O–H groups in total. The Hall–Kier alpha value is -3.78. The number of carbonyl (C=O) groups is 2. The average Bonchev–Trinajstić information content (AvgIpc) is 3.17. The van der Waals surface area contributed by atoms with Crippen LogP contribution in [0.2, 0.25) is 0 Å². The summed E-state index contributed by atoms with van der Waals surface area (Å²) in [7, 11) is 1.52. The molecule has 0 aliphatic heterocycles. The fraction of sp³-hybridized carbons (Fsp3) is 0.0476. The first-order chi connectivity index (χ1) is 14.1. The number of carboxylic acids is 1. The summed E-state index contributed by atoms with van der Waals surface area (Å²) in [5.41, 5.74) is 2.89.